The van der Waals surface area contributed by atoms with E-state index in [1.807, 2.05) is 12.1 Å². The molecule has 4 N–H and O–H groups in total. The van der Waals surface area contributed by atoms with E-state index in [9.17, 15) is 4.79 Å². The number of amides is 1. The smallest absolute Gasteiger partial charge is 0.255 e. The van der Waals surface area contributed by atoms with E-state index in [-0.39, 0.29) is 5.91 Å². The monoisotopic (exact) mass is 280 g/mol. The molecule has 0 fully saturated rings. The Morgan fingerprint density at radius 3 is 2.67 bits per heavy atom. The molecule has 3 aromatic rings. The third kappa shape index (κ3) is 2.86. The molecule has 0 saturated heterocycles. The first-order chi connectivity index (χ1) is 10.2. The number of aromatic amines is 1. The Morgan fingerprint density at radius 2 is 1.95 bits per heavy atom. The number of benzene rings is 2. The number of hydrogen-bond donors (Lipinski definition) is 3. The van der Waals surface area contributed by atoms with Crippen LogP contribution in [0.1, 0.15) is 10.4 Å². The number of tetrazole rings is 1. The van der Waals surface area contributed by atoms with E-state index in [4.69, 9.17) is 5.73 Å². The summed E-state index contributed by atoms with van der Waals surface area (Å²) in [5.74, 6) is 0.263. The zero-order valence-corrected chi connectivity index (χ0v) is 10.9. The number of hydrogen-bond acceptors (Lipinski definition) is 5. The second-order valence-electron chi connectivity index (χ2n) is 4.39. The van der Waals surface area contributed by atoms with Crippen molar-refractivity contribution in [2.24, 2.45) is 0 Å². The minimum absolute atomic E-state index is 0.208. The molecule has 0 radical (unpaired) electrons. The summed E-state index contributed by atoms with van der Waals surface area (Å²) in [6.07, 6.45) is 0. The van der Waals surface area contributed by atoms with Crippen LogP contribution in [0.2, 0.25) is 0 Å². The van der Waals surface area contributed by atoms with Gasteiger partial charge in [-0.25, -0.2) is 0 Å². The van der Waals surface area contributed by atoms with E-state index in [2.05, 4.69) is 25.9 Å². The highest BCUT2D eigenvalue weighted by Crippen LogP contribution is 2.19. The number of aromatic nitrogens is 4. The van der Waals surface area contributed by atoms with Gasteiger partial charge in [-0.3, -0.25) is 4.79 Å². The molecule has 104 valence electrons. The molecular formula is C14H12N6O. The highest BCUT2D eigenvalue weighted by atomic mass is 16.1. The number of H-pyrrole nitrogens is 1. The van der Waals surface area contributed by atoms with Gasteiger partial charge in [0.2, 0.25) is 5.82 Å². The van der Waals surface area contributed by atoms with Gasteiger partial charge in [0.25, 0.3) is 5.91 Å². The van der Waals surface area contributed by atoms with E-state index < -0.39 is 0 Å². The molecule has 1 heterocycles. The van der Waals surface area contributed by atoms with Gasteiger partial charge < -0.3 is 11.1 Å². The highest BCUT2D eigenvalue weighted by molar-refractivity contribution is 6.04. The molecule has 7 heteroatoms. The lowest BCUT2D eigenvalue weighted by Gasteiger charge is -2.06. The van der Waals surface area contributed by atoms with Crippen LogP contribution in [-0.2, 0) is 0 Å². The molecule has 0 bridgehead atoms. The Bertz CT molecular complexity index is 751. The summed E-state index contributed by atoms with van der Waals surface area (Å²) in [5.41, 5.74) is 8.17. The lowest BCUT2D eigenvalue weighted by molar-refractivity contribution is 0.102. The summed E-state index contributed by atoms with van der Waals surface area (Å²) < 4.78 is 0. The molecule has 21 heavy (non-hydrogen) atoms. The van der Waals surface area contributed by atoms with Crippen LogP contribution in [0, 0.1) is 0 Å². The number of nitrogen functional groups attached to an aromatic ring is 1. The number of nitrogens with zero attached hydrogens (tertiary/aromatic N) is 3. The van der Waals surface area contributed by atoms with Gasteiger partial charge in [-0.15, -0.1) is 10.2 Å². The molecular weight excluding hydrogens is 268 g/mol. The van der Waals surface area contributed by atoms with Crippen LogP contribution in [-0.4, -0.2) is 26.5 Å². The van der Waals surface area contributed by atoms with Crippen molar-refractivity contribution in [2.75, 3.05) is 11.1 Å². The van der Waals surface area contributed by atoms with Gasteiger partial charge in [-0.1, -0.05) is 12.1 Å². The number of rotatable bonds is 3. The van der Waals surface area contributed by atoms with Crippen LogP contribution in [0.5, 0.6) is 0 Å². The van der Waals surface area contributed by atoms with E-state index >= 15 is 0 Å². The minimum atomic E-state index is -0.208. The maximum absolute atomic E-state index is 12.1. The van der Waals surface area contributed by atoms with E-state index in [1.54, 1.807) is 36.4 Å². The number of carbonyl (C=O) groups is 1. The van der Waals surface area contributed by atoms with Crippen molar-refractivity contribution in [2.45, 2.75) is 0 Å². The fourth-order valence-electron chi connectivity index (χ4n) is 1.86. The van der Waals surface area contributed by atoms with Gasteiger partial charge >= 0.3 is 0 Å². The average molecular weight is 280 g/mol. The third-order valence-electron chi connectivity index (χ3n) is 2.90. The van der Waals surface area contributed by atoms with Crippen LogP contribution >= 0.6 is 0 Å². The van der Waals surface area contributed by atoms with Crippen LogP contribution in [0.25, 0.3) is 11.4 Å². The summed E-state index contributed by atoms with van der Waals surface area (Å²) in [5, 5.41) is 16.5. The first kappa shape index (κ1) is 12.8. The molecule has 2 aromatic carbocycles. The fraction of sp³-hybridized carbons (Fsp3) is 0. The Labute approximate surface area is 120 Å². The van der Waals surface area contributed by atoms with Crippen molar-refractivity contribution in [1.29, 1.82) is 0 Å². The molecule has 0 aliphatic rings. The van der Waals surface area contributed by atoms with Gasteiger partial charge in [0, 0.05) is 22.5 Å². The van der Waals surface area contributed by atoms with Crippen LogP contribution in [0.15, 0.2) is 48.5 Å². The maximum Gasteiger partial charge on any atom is 0.255 e. The molecule has 0 saturated carbocycles. The predicted octanol–water partition coefficient (Wildman–Crippen LogP) is 1.70. The van der Waals surface area contributed by atoms with Crippen molar-refractivity contribution in [3.63, 3.8) is 0 Å². The van der Waals surface area contributed by atoms with E-state index in [1.165, 1.54) is 0 Å². The number of nitrogens with two attached hydrogens (primary N) is 1. The molecule has 1 aromatic heterocycles. The molecule has 0 spiro atoms. The Morgan fingerprint density at radius 1 is 1.14 bits per heavy atom. The molecule has 0 unspecified atom stereocenters. The first-order valence-corrected chi connectivity index (χ1v) is 6.23. The second kappa shape index (κ2) is 5.41. The molecule has 3 rings (SSSR count). The lowest BCUT2D eigenvalue weighted by Crippen LogP contribution is -2.11. The summed E-state index contributed by atoms with van der Waals surface area (Å²) in [7, 11) is 0. The van der Waals surface area contributed by atoms with Crippen molar-refractivity contribution in [3.05, 3.63) is 54.1 Å². The van der Waals surface area contributed by atoms with Gasteiger partial charge in [0.1, 0.15) is 0 Å². The lowest BCUT2D eigenvalue weighted by atomic mass is 10.1. The summed E-state index contributed by atoms with van der Waals surface area (Å²) in [6, 6.07) is 13.9. The number of nitrogens with one attached hydrogen (secondary N) is 2. The minimum Gasteiger partial charge on any atom is -0.399 e. The zero-order chi connectivity index (χ0) is 14.7. The summed E-state index contributed by atoms with van der Waals surface area (Å²) in [6.45, 7) is 0. The van der Waals surface area contributed by atoms with Gasteiger partial charge in [0.05, 0.1) is 0 Å². The van der Waals surface area contributed by atoms with Crippen LogP contribution < -0.4 is 11.1 Å². The third-order valence-corrected chi connectivity index (χ3v) is 2.90. The second-order valence-corrected chi connectivity index (χ2v) is 4.39. The fourth-order valence-corrected chi connectivity index (χ4v) is 1.86. The van der Waals surface area contributed by atoms with Crippen LogP contribution in [0.3, 0.4) is 0 Å². The van der Waals surface area contributed by atoms with Gasteiger partial charge in [-0.2, -0.15) is 5.21 Å². The topological polar surface area (TPSA) is 110 Å². The largest absolute Gasteiger partial charge is 0.399 e. The van der Waals surface area contributed by atoms with E-state index in [0.717, 1.165) is 5.56 Å². The summed E-state index contributed by atoms with van der Waals surface area (Å²) >= 11 is 0. The molecule has 1 amide bonds. The molecule has 7 nitrogen and oxygen atoms in total. The van der Waals surface area contributed by atoms with E-state index in [0.29, 0.717) is 22.8 Å². The van der Waals surface area contributed by atoms with Crippen molar-refractivity contribution >= 4 is 17.3 Å². The molecule has 0 aliphatic carbocycles. The normalized spacial score (nSPS) is 10.3. The van der Waals surface area contributed by atoms with Gasteiger partial charge in [0.15, 0.2) is 0 Å². The standard InChI is InChI=1S/C14H12N6O/c15-11-6-4-9(5-7-11)14(21)16-12-3-1-2-10(8-12)13-17-19-20-18-13/h1-8H,15H2,(H,16,21)(H,17,18,19,20). The quantitative estimate of drug-likeness (QED) is 0.632. The van der Waals surface area contributed by atoms with Crippen molar-refractivity contribution < 1.29 is 4.79 Å². The Hall–Kier alpha value is -3.22. The van der Waals surface area contributed by atoms with Gasteiger partial charge in [-0.05, 0) is 41.6 Å². The zero-order valence-electron chi connectivity index (χ0n) is 10.9. The van der Waals surface area contributed by atoms with Crippen molar-refractivity contribution in [1.82, 2.24) is 20.6 Å². The van der Waals surface area contributed by atoms with Crippen molar-refractivity contribution in [3.8, 4) is 11.4 Å². The Kier molecular flexibility index (Phi) is 3.30. The molecule has 0 aliphatic heterocycles. The SMILES string of the molecule is Nc1ccc(C(=O)Nc2cccc(-c3nn[nH]n3)c2)cc1. The summed E-state index contributed by atoms with van der Waals surface area (Å²) in [4.78, 5) is 12.1. The predicted molar refractivity (Wildman–Crippen MR) is 78.4 cm³/mol. The molecule has 0 atom stereocenters. The number of anilines is 2. The maximum atomic E-state index is 12.1. The highest BCUT2D eigenvalue weighted by Gasteiger charge is 2.08. The first-order valence-electron chi connectivity index (χ1n) is 6.23. The number of carbonyl (C=O) groups excluding carboxylic acids is 1. The van der Waals surface area contributed by atoms with Crippen LogP contribution in [0.4, 0.5) is 11.4 Å². The Balaban J connectivity index is 1.80. The average Bonchev–Trinajstić information content (AvgIpc) is 3.02.